The van der Waals surface area contributed by atoms with E-state index in [-0.39, 0.29) is 0 Å². The third-order valence-corrected chi connectivity index (χ3v) is 0. The van der Waals surface area contributed by atoms with Crippen LogP contribution in [0.1, 0.15) is 20.8 Å². The van der Waals surface area contributed by atoms with Crippen molar-refractivity contribution in [3.63, 3.8) is 0 Å². The van der Waals surface area contributed by atoms with E-state index in [0.717, 1.165) is 20.8 Å². The third-order valence-electron chi connectivity index (χ3n) is 0. The van der Waals surface area contributed by atoms with E-state index in [1.807, 2.05) is 0 Å². The lowest BCUT2D eigenvalue weighted by Crippen LogP contribution is -1.78. The molecule has 108 valence electrons. The zero-order valence-electron chi connectivity index (χ0n) is 11.3. The van der Waals surface area contributed by atoms with Gasteiger partial charge in [0.2, 0.25) is 0 Å². The van der Waals surface area contributed by atoms with Crippen LogP contribution in [0.25, 0.3) is 0 Å². The van der Waals surface area contributed by atoms with Gasteiger partial charge in [0.25, 0.3) is 17.9 Å². The van der Waals surface area contributed by atoms with Crippen LogP contribution in [0, 0.1) is 0 Å². The zero-order valence-corrected chi connectivity index (χ0v) is 11.3. The molecule has 0 radical (unpaired) electrons. The van der Waals surface area contributed by atoms with Crippen LogP contribution < -0.4 is 0 Å². The minimum atomic E-state index is -0.833. The minimum absolute atomic E-state index is 0.833. The summed E-state index contributed by atoms with van der Waals surface area (Å²) in [6.45, 7) is 21.2. The standard InChI is InChI=1S/3C2H4O2.3C2H4/c3*1-2(3)4;3*1-2/h3*1H3,(H,3,4);3*1-2H2. The smallest absolute Gasteiger partial charge is 0.300 e. The fraction of sp³-hybridized carbons (Fsp3) is 0.250. The molecule has 0 aromatic rings. The van der Waals surface area contributed by atoms with Crippen molar-refractivity contribution in [3.05, 3.63) is 39.5 Å². The van der Waals surface area contributed by atoms with Gasteiger partial charge in [-0.05, 0) is 0 Å². The molecule has 0 unspecified atom stereocenters. The number of hydrogen-bond donors (Lipinski definition) is 3. The van der Waals surface area contributed by atoms with E-state index in [1.165, 1.54) is 0 Å². The molecule has 6 heteroatoms. The van der Waals surface area contributed by atoms with Gasteiger partial charge in [0.1, 0.15) is 0 Å². The van der Waals surface area contributed by atoms with Crippen molar-refractivity contribution in [1.82, 2.24) is 0 Å². The van der Waals surface area contributed by atoms with Crippen molar-refractivity contribution in [2.75, 3.05) is 0 Å². The van der Waals surface area contributed by atoms with Gasteiger partial charge in [-0.25, -0.2) is 0 Å². The first-order valence-corrected chi connectivity index (χ1v) is 4.28. The Hall–Kier alpha value is -2.37. The molecule has 0 fully saturated rings. The highest BCUT2D eigenvalue weighted by Crippen LogP contribution is 1.42. The van der Waals surface area contributed by atoms with Gasteiger partial charge in [-0.2, -0.15) is 0 Å². The van der Waals surface area contributed by atoms with E-state index in [0.29, 0.717) is 0 Å². The molecule has 0 rings (SSSR count). The summed E-state index contributed by atoms with van der Waals surface area (Å²) >= 11 is 0. The highest BCUT2D eigenvalue weighted by molar-refractivity contribution is 5.63. The van der Waals surface area contributed by atoms with E-state index in [1.54, 1.807) is 0 Å². The van der Waals surface area contributed by atoms with Crippen LogP contribution in [0.4, 0.5) is 0 Å². The van der Waals surface area contributed by atoms with Crippen molar-refractivity contribution in [2.45, 2.75) is 20.8 Å². The molecule has 0 bridgehead atoms. The van der Waals surface area contributed by atoms with Gasteiger partial charge < -0.3 is 15.3 Å². The SMILES string of the molecule is C=C.C=C.C=C.CC(=O)O.CC(=O)O.CC(=O)O. The number of carbonyl (C=O) groups is 3. The van der Waals surface area contributed by atoms with E-state index in [9.17, 15) is 0 Å². The summed E-state index contributed by atoms with van der Waals surface area (Å²) in [4.78, 5) is 27.0. The van der Waals surface area contributed by atoms with Gasteiger partial charge >= 0.3 is 0 Å². The summed E-state index contributed by atoms with van der Waals surface area (Å²) in [7, 11) is 0. The Bertz CT molecular complexity index is 144. The first-order chi connectivity index (χ1) is 8.20. The van der Waals surface area contributed by atoms with Gasteiger partial charge in [-0.15, -0.1) is 39.5 Å². The van der Waals surface area contributed by atoms with E-state index in [4.69, 9.17) is 29.7 Å². The molecule has 0 atom stereocenters. The maximum absolute atomic E-state index is 9.00. The van der Waals surface area contributed by atoms with Crippen molar-refractivity contribution < 1.29 is 29.7 Å². The molecule has 18 heavy (non-hydrogen) atoms. The van der Waals surface area contributed by atoms with E-state index >= 15 is 0 Å². The van der Waals surface area contributed by atoms with Crippen molar-refractivity contribution in [3.8, 4) is 0 Å². The maximum atomic E-state index is 9.00. The molecule has 0 aliphatic heterocycles. The van der Waals surface area contributed by atoms with Crippen LogP contribution in [-0.4, -0.2) is 33.2 Å². The van der Waals surface area contributed by atoms with Crippen molar-refractivity contribution in [2.24, 2.45) is 0 Å². The lowest BCUT2D eigenvalue weighted by Gasteiger charge is -1.59. The average Bonchev–Trinajstić information content (AvgIpc) is 2.23. The molecule has 6 nitrogen and oxygen atoms in total. The Balaban J connectivity index is -0.0000000249. The van der Waals surface area contributed by atoms with Gasteiger partial charge in [-0.1, -0.05) is 0 Å². The first-order valence-electron chi connectivity index (χ1n) is 4.28. The second-order valence-electron chi connectivity index (χ2n) is 1.56. The van der Waals surface area contributed by atoms with E-state index < -0.39 is 17.9 Å². The van der Waals surface area contributed by atoms with Gasteiger partial charge in [0, 0.05) is 20.8 Å². The van der Waals surface area contributed by atoms with E-state index in [2.05, 4.69) is 39.5 Å². The van der Waals surface area contributed by atoms with Crippen molar-refractivity contribution in [1.29, 1.82) is 0 Å². The average molecular weight is 264 g/mol. The minimum Gasteiger partial charge on any atom is -0.481 e. The summed E-state index contributed by atoms with van der Waals surface area (Å²) in [5.74, 6) is -2.50. The molecule has 0 aliphatic rings. The van der Waals surface area contributed by atoms with Crippen LogP contribution in [0.3, 0.4) is 0 Å². The number of carboxylic acid groups (broad SMARTS) is 3. The second kappa shape index (κ2) is 61.8. The molecule has 0 heterocycles. The summed E-state index contributed by atoms with van der Waals surface area (Å²) in [6, 6.07) is 0. The van der Waals surface area contributed by atoms with Gasteiger partial charge in [0.05, 0.1) is 0 Å². The number of aliphatic carboxylic acids is 3. The highest BCUT2D eigenvalue weighted by atomic mass is 16.4. The zero-order chi connectivity index (χ0) is 16.7. The maximum Gasteiger partial charge on any atom is 0.300 e. The predicted molar refractivity (Wildman–Crippen MR) is 73.7 cm³/mol. The summed E-state index contributed by atoms with van der Waals surface area (Å²) < 4.78 is 0. The van der Waals surface area contributed by atoms with Crippen molar-refractivity contribution >= 4 is 17.9 Å². The third kappa shape index (κ3) is 387. The quantitative estimate of drug-likeness (QED) is 0.580. The van der Waals surface area contributed by atoms with Crippen LogP contribution >= 0.6 is 0 Å². The molecule has 0 saturated heterocycles. The lowest BCUT2D eigenvalue weighted by molar-refractivity contribution is -0.135. The molecule has 0 saturated carbocycles. The second-order valence-corrected chi connectivity index (χ2v) is 1.56. The van der Waals surface area contributed by atoms with Gasteiger partial charge in [-0.3, -0.25) is 14.4 Å². The molecule has 0 aromatic carbocycles. The Kier molecular flexibility index (Phi) is 124. The topological polar surface area (TPSA) is 112 Å². The molecule has 3 N–H and O–H groups in total. The molecular weight excluding hydrogens is 240 g/mol. The Labute approximate surface area is 109 Å². The molecule has 0 spiro atoms. The Morgan fingerprint density at radius 2 is 0.556 bits per heavy atom. The number of hydrogen-bond acceptors (Lipinski definition) is 3. The van der Waals surface area contributed by atoms with Gasteiger partial charge in [0.15, 0.2) is 0 Å². The Morgan fingerprint density at radius 1 is 0.556 bits per heavy atom. The summed E-state index contributed by atoms with van der Waals surface area (Å²) in [5, 5.41) is 22.2. The predicted octanol–water partition coefficient (Wildman–Crippen LogP) is 2.68. The molecule has 0 aromatic heterocycles. The molecule has 0 amide bonds. The summed E-state index contributed by atoms with van der Waals surface area (Å²) in [5.41, 5.74) is 0. The molecule has 0 aliphatic carbocycles. The Morgan fingerprint density at radius 3 is 0.556 bits per heavy atom. The van der Waals surface area contributed by atoms with Crippen LogP contribution in [0.15, 0.2) is 39.5 Å². The highest BCUT2D eigenvalue weighted by Gasteiger charge is 1.66. The lowest BCUT2D eigenvalue weighted by atomic mass is 10.9. The van der Waals surface area contributed by atoms with Crippen LogP contribution in [-0.2, 0) is 14.4 Å². The fourth-order valence-electron chi connectivity index (χ4n) is 0. The van der Waals surface area contributed by atoms with Crippen LogP contribution in [0.5, 0.6) is 0 Å². The first kappa shape index (κ1) is 36.1. The molecular formula is C12H24O6. The monoisotopic (exact) mass is 264 g/mol. The van der Waals surface area contributed by atoms with Crippen LogP contribution in [0.2, 0.25) is 0 Å². The number of rotatable bonds is 0. The normalized spacial score (nSPS) is 4.83. The fourth-order valence-corrected chi connectivity index (χ4v) is 0. The largest absolute Gasteiger partial charge is 0.481 e. The number of carboxylic acids is 3. The summed E-state index contributed by atoms with van der Waals surface area (Å²) in [6.07, 6.45) is 0.